The van der Waals surface area contributed by atoms with Crippen molar-refractivity contribution in [2.75, 3.05) is 6.67 Å². The van der Waals surface area contributed by atoms with Crippen molar-refractivity contribution >= 4 is 11.3 Å². The molecular formula is C10H10FN5S. The lowest BCUT2D eigenvalue weighted by molar-refractivity contribution is 0.420. The molecule has 0 bridgehead atoms. The fourth-order valence-corrected chi connectivity index (χ4v) is 2.19. The fraction of sp³-hybridized carbons (Fsp3) is 0.300. The van der Waals surface area contributed by atoms with E-state index in [0.29, 0.717) is 0 Å². The van der Waals surface area contributed by atoms with E-state index in [9.17, 15) is 4.39 Å². The number of rotatable bonds is 5. The van der Waals surface area contributed by atoms with Crippen LogP contribution in [0.5, 0.6) is 0 Å². The van der Waals surface area contributed by atoms with E-state index in [-0.39, 0.29) is 13.1 Å². The number of halogens is 1. The van der Waals surface area contributed by atoms with E-state index in [2.05, 4.69) is 15.1 Å². The van der Waals surface area contributed by atoms with Crippen molar-refractivity contribution in [2.24, 2.45) is 5.11 Å². The van der Waals surface area contributed by atoms with Gasteiger partial charge >= 0.3 is 0 Å². The van der Waals surface area contributed by atoms with Crippen LogP contribution < -0.4 is 0 Å². The van der Waals surface area contributed by atoms with Gasteiger partial charge in [-0.05, 0) is 23.0 Å². The van der Waals surface area contributed by atoms with Gasteiger partial charge in [-0.15, -0.1) is 11.3 Å². The van der Waals surface area contributed by atoms with Crippen LogP contribution in [0.15, 0.2) is 28.7 Å². The van der Waals surface area contributed by atoms with Gasteiger partial charge in [0.2, 0.25) is 0 Å². The fourth-order valence-electron chi connectivity index (χ4n) is 1.51. The zero-order valence-corrected chi connectivity index (χ0v) is 9.77. The van der Waals surface area contributed by atoms with E-state index >= 15 is 0 Å². The monoisotopic (exact) mass is 251 g/mol. The minimum atomic E-state index is -0.491. The van der Waals surface area contributed by atoms with E-state index in [1.807, 2.05) is 23.6 Å². The van der Waals surface area contributed by atoms with Crippen LogP contribution in [0.3, 0.4) is 0 Å². The summed E-state index contributed by atoms with van der Waals surface area (Å²) in [5.41, 5.74) is 9.81. The van der Waals surface area contributed by atoms with Crippen LogP contribution in [0, 0.1) is 0 Å². The third-order valence-electron chi connectivity index (χ3n) is 2.23. The summed E-state index contributed by atoms with van der Waals surface area (Å²) >= 11 is 1.57. The van der Waals surface area contributed by atoms with E-state index in [4.69, 9.17) is 5.53 Å². The number of aromatic nitrogens is 2. The highest BCUT2D eigenvalue weighted by Gasteiger charge is 2.09. The first kappa shape index (κ1) is 11.6. The second-order valence-electron chi connectivity index (χ2n) is 3.30. The highest BCUT2D eigenvalue weighted by Crippen LogP contribution is 2.24. The SMILES string of the molecule is [N-]=[N+]=NCc1cc(-c2cccs2)nn1CCF. The Morgan fingerprint density at radius 1 is 1.59 bits per heavy atom. The summed E-state index contributed by atoms with van der Waals surface area (Å²) in [6.07, 6.45) is 0. The highest BCUT2D eigenvalue weighted by molar-refractivity contribution is 7.13. The first-order valence-corrected chi connectivity index (χ1v) is 5.90. The smallest absolute Gasteiger partial charge is 0.109 e. The van der Waals surface area contributed by atoms with Crippen molar-refractivity contribution in [1.29, 1.82) is 0 Å². The van der Waals surface area contributed by atoms with Crippen LogP contribution in [0.4, 0.5) is 4.39 Å². The molecule has 2 aromatic heterocycles. The van der Waals surface area contributed by atoms with Gasteiger partial charge in [0.1, 0.15) is 12.4 Å². The second-order valence-corrected chi connectivity index (χ2v) is 4.25. The molecule has 0 N–H and O–H groups in total. The third-order valence-corrected chi connectivity index (χ3v) is 3.12. The molecule has 0 aliphatic rings. The van der Waals surface area contributed by atoms with Crippen LogP contribution in [0.25, 0.3) is 21.0 Å². The average molecular weight is 251 g/mol. The largest absolute Gasteiger partial charge is 0.266 e. The lowest BCUT2D eigenvalue weighted by Crippen LogP contribution is -2.05. The van der Waals surface area contributed by atoms with Gasteiger partial charge in [-0.25, -0.2) is 4.39 Å². The van der Waals surface area contributed by atoms with Crippen molar-refractivity contribution < 1.29 is 4.39 Å². The maximum atomic E-state index is 12.4. The average Bonchev–Trinajstić information content (AvgIpc) is 2.95. The van der Waals surface area contributed by atoms with Gasteiger partial charge in [-0.3, -0.25) is 4.68 Å². The maximum Gasteiger partial charge on any atom is 0.109 e. The van der Waals surface area contributed by atoms with Crippen molar-refractivity contribution in [3.8, 4) is 10.6 Å². The van der Waals surface area contributed by atoms with Crippen molar-refractivity contribution in [3.05, 3.63) is 39.7 Å². The van der Waals surface area contributed by atoms with Crippen molar-refractivity contribution in [2.45, 2.75) is 13.1 Å². The van der Waals surface area contributed by atoms with Gasteiger partial charge in [-0.1, -0.05) is 11.2 Å². The molecule has 0 saturated heterocycles. The molecule has 0 amide bonds. The summed E-state index contributed by atoms with van der Waals surface area (Å²) in [4.78, 5) is 3.72. The molecular weight excluding hydrogens is 241 g/mol. The van der Waals surface area contributed by atoms with Gasteiger partial charge in [-0.2, -0.15) is 5.10 Å². The molecule has 7 heteroatoms. The lowest BCUT2D eigenvalue weighted by Gasteiger charge is -2.00. The first-order chi connectivity index (χ1) is 8.35. The van der Waals surface area contributed by atoms with E-state index in [0.717, 1.165) is 16.3 Å². The molecule has 2 aromatic rings. The molecule has 0 atom stereocenters. The molecule has 17 heavy (non-hydrogen) atoms. The zero-order valence-electron chi connectivity index (χ0n) is 8.95. The number of nitrogens with zero attached hydrogens (tertiary/aromatic N) is 5. The molecule has 0 fully saturated rings. The molecule has 2 rings (SSSR count). The molecule has 0 spiro atoms. The van der Waals surface area contributed by atoms with Gasteiger partial charge < -0.3 is 0 Å². The number of azide groups is 1. The first-order valence-electron chi connectivity index (χ1n) is 5.02. The summed E-state index contributed by atoms with van der Waals surface area (Å²) in [5, 5.41) is 9.73. The summed E-state index contributed by atoms with van der Waals surface area (Å²) in [6, 6.07) is 5.71. The summed E-state index contributed by atoms with van der Waals surface area (Å²) < 4.78 is 13.9. The van der Waals surface area contributed by atoms with E-state index in [1.165, 1.54) is 0 Å². The molecule has 0 aromatic carbocycles. The molecule has 0 saturated carbocycles. The summed E-state index contributed by atoms with van der Waals surface area (Å²) in [6.45, 7) is -0.120. The number of hydrogen-bond acceptors (Lipinski definition) is 3. The van der Waals surface area contributed by atoms with Crippen molar-refractivity contribution in [1.82, 2.24) is 9.78 Å². The van der Waals surface area contributed by atoms with E-state index < -0.39 is 6.67 Å². The molecule has 88 valence electrons. The van der Waals surface area contributed by atoms with Crippen LogP contribution in [-0.4, -0.2) is 16.5 Å². The second kappa shape index (κ2) is 5.47. The predicted octanol–water partition coefficient (Wildman–Crippen LogP) is 3.39. The zero-order chi connectivity index (χ0) is 12.1. The third kappa shape index (κ3) is 2.64. The van der Waals surface area contributed by atoms with Gasteiger partial charge in [0.05, 0.1) is 18.0 Å². The minimum absolute atomic E-state index is 0.182. The molecule has 0 radical (unpaired) electrons. The van der Waals surface area contributed by atoms with Gasteiger partial charge in [0.25, 0.3) is 0 Å². The number of thiophene rings is 1. The lowest BCUT2D eigenvalue weighted by atomic mass is 10.3. The highest BCUT2D eigenvalue weighted by atomic mass is 32.1. The minimum Gasteiger partial charge on any atom is -0.266 e. The number of alkyl halides is 1. The Balaban J connectivity index is 2.33. The van der Waals surface area contributed by atoms with Crippen LogP contribution in [0.1, 0.15) is 5.69 Å². The van der Waals surface area contributed by atoms with Gasteiger partial charge in [0, 0.05) is 10.6 Å². The maximum absolute atomic E-state index is 12.4. The van der Waals surface area contributed by atoms with Crippen LogP contribution >= 0.6 is 11.3 Å². The standard InChI is InChI=1S/C10H10FN5S/c11-3-4-16-8(7-13-15-12)6-9(14-16)10-2-1-5-17-10/h1-2,5-6H,3-4,7H2. The number of hydrogen-bond donors (Lipinski definition) is 0. The molecule has 0 unspecified atom stereocenters. The Kier molecular flexibility index (Phi) is 3.74. The summed E-state index contributed by atoms with van der Waals surface area (Å²) in [7, 11) is 0. The number of aryl methyl sites for hydroxylation is 1. The predicted molar refractivity (Wildman–Crippen MR) is 64.4 cm³/mol. The molecule has 2 heterocycles. The normalized spacial score (nSPS) is 10.2. The quantitative estimate of drug-likeness (QED) is 0.456. The van der Waals surface area contributed by atoms with Crippen LogP contribution in [0.2, 0.25) is 0 Å². The molecule has 0 aliphatic carbocycles. The summed E-state index contributed by atoms with van der Waals surface area (Å²) in [5.74, 6) is 0. The van der Waals surface area contributed by atoms with Crippen molar-refractivity contribution in [3.63, 3.8) is 0 Å². The Hall–Kier alpha value is -1.85. The Labute approximate surface area is 101 Å². The van der Waals surface area contributed by atoms with Gasteiger partial charge in [0.15, 0.2) is 0 Å². The Bertz CT molecular complexity index is 527. The topological polar surface area (TPSA) is 66.6 Å². The molecule has 5 nitrogen and oxygen atoms in total. The van der Waals surface area contributed by atoms with E-state index in [1.54, 1.807) is 16.0 Å². The Morgan fingerprint density at radius 2 is 2.47 bits per heavy atom. The van der Waals surface area contributed by atoms with Crippen LogP contribution in [-0.2, 0) is 13.1 Å². The Morgan fingerprint density at radius 3 is 3.12 bits per heavy atom. The molecule has 0 aliphatic heterocycles.